The van der Waals surface area contributed by atoms with Gasteiger partial charge in [-0.25, -0.2) is 4.39 Å². The third kappa shape index (κ3) is 5.57. The smallest absolute Gasteiger partial charge is 0.303 e. The lowest BCUT2D eigenvalue weighted by Gasteiger charge is -2.26. The number of carboxylic acids is 1. The van der Waals surface area contributed by atoms with E-state index in [1.54, 1.807) is 6.07 Å². The average Bonchev–Trinajstić information content (AvgIpc) is 2.30. The second-order valence-corrected chi connectivity index (χ2v) is 5.20. The third-order valence-corrected chi connectivity index (χ3v) is 3.31. The Balaban J connectivity index is 2.64. The molecule has 19 heavy (non-hydrogen) atoms. The van der Waals surface area contributed by atoms with E-state index in [0.29, 0.717) is 24.5 Å². The zero-order valence-corrected chi connectivity index (χ0v) is 12.0. The van der Waals surface area contributed by atoms with Gasteiger partial charge in [0.05, 0.1) is 0 Å². The van der Waals surface area contributed by atoms with Gasteiger partial charge in [0.1, 0.15) is 5.82 Å². The second kappa shape index (κ2) is 7.46. The highest BCUT2D eigenvalue weighted by Gasteiger charge is 2.13. The Morgan fingerprint density at radius 2 is 2.16 bits per heavy atom. The molecule has 0 bridgehead atoms. The number of hydrogen-bond donors (Lipinski definition) is 1. The van der Waals surface area contributed by atoms with Gasteiger partial charge in [0.25, 0.3) is 0 Å². The van der Waals surface area contributed by atoms with Gasteiger partial charge in [-0.2, -0.15) is 0 Å². The first kappa shape index (κ1) is 15.9. The van der Waals surface area contributed by atoms with Crippen LogP contribution in [0.5, 0.6) is 0 Å². The Morgan fingerprint density at radius 1 is 1.47 bits per heavy atom. The van der Waals surface area contributed by atoms with E-state index in [4.69, 9.17) is 16.7 Å². The summed E-state index contributed by atoms with van der Waals surface area (Å²) < 4.78 is 13.0. The zero-order chi connectivity index (χ0) is 14.4. The van der Waals surface area contributed by atoms with Gasteiger partial charge in [0.2, 0.25) is 0 Å². The van der Waals surface area contributed by atoms with Gasteiger partial charge in [0.15, 0.2) is 0 Å². The fourth-order valence-corrected chi connectivity index (χ4v) is 2.05. The monoisotopic (exact) mass is 287 g/mol. The summed E-state index contributed by atoms with van der Waals surface area (Å²) in [7, 11) is 0. The normalized spacial score (nSPS) is 11.3. The first-order valence-electron chi connectivity index (χ1n) is 6.30. The van der Waals surface area contributed by atoms with E-state index in [9.17, 15) is 9.18 Å². The highest BCUT2D eigenvalue weighted by Crippen LogP contribution is 2.20. The Labute approximate surface area is 118 Å². The highest BCUT2D eigenvalue weighted by molar-refractivity contribution is 6.31. The fraction of sp³-hybridized carbons (Fsp3) is 0.500. The molecule has 0 heterocycles. The molecule has 1 rings (SSSR count). The van der Waals surface area contributed by atoms with E-state index >= 15 is 0 Å². The summed E-state index contributed by atoms with van der Waals surface area (Å²) in [5.41, 5.74) is 0.854. The minimum Gasteiger partial charge on any atom is -0.481 e. The van der Waals surface area contributed by atoms with Crippen LogP contribution in [0.1, 0.15) is 32.3 Å². The molecule has 1 N–H and O–H groups in total. The molecule has 0 aliphatic rings. The highest BCUT2D eigenvalue weighted by atomic mass is 35.5. The molecule has 0 unspecified atom stereocenters. The molecular weight excluding hydrogens is 269 g/mol. The number of benzene rings is 1. The number of rotatable bonds is 7. The lowest BCUT2D eigenvalue weighted by Crippen LogP contribution is -2.31. The maximum Gasteiger partial charge on any atom is 0.303 e. The fourth-order valence-electron chi connectivity index (χ4n) is 1.82. The quantitative estimate of drug-likeness (QED) is 0.834. The molecule has 0 saturated heterocycles. The molecule has 106 valence electrons. The van der Waals surface area contributed by atoms with Gasteiger partial charge in [-0.1, -0.05) is 17.7 Å². The standard InChI is InChI=1S/C14H19ClFNO2/c1-10(2)17(7-3-4-14(18)19)9-11-5-6-12(16)8-13(11)15/h5-6,8,10H,3-4,7,9H2,1-2H3,(H,18,19). The summed E-state index contributed by atoms with van der Waals surface area (Å²) in [5.74, 6) is -1.14. The van der Waals surface area contributed by atoms with Gasteiger partial charge in [-0.3, -0.25) is 9.69 Å². The van der Waals surface area contributed by atoms with E-state index in [2.05, 4.69) is 4.90 Å². The van der Waals surface area contributed by atoms with Crippen molar-refractivity contribution in [3.8, 4) is 0 Å². The van der Waals surface area contributed by atoms with Crippen LogP contribution in [0.25, 0.3) is 0 Å². The van der Waals surface area contributed by atoms with Crippen molar-refractivity contribution in [2.75, 3.05) is 6.54 Å². The Morgan fingerprint density at radius 3 is 2.68 bits per heavy atom. The van der Waals surface area contributed by atoms with Crippen molar-refractivity contribution in [1.29, 1.82) is 0 Å². The molecule has 0 radical (unpaired) electrons. The van der Waals surface area contributed by atoms with Crippen LogP contribution >= 0.6 is 11.6 Å². The topological polar surface area (TPSA) is 40.5 Å². The van der Waals surface area contributed by atoms with E-state index in [0.717, 1.165) is 5.56 Å². The predicted octanol–water partition coefficient (Wildman–Crippen LogP) is 3.55. The molecule has 1 aromatic rings. The predicted molar refractivity (Wildman–Crippen MR) is 73.8 cm³/mol. The van der Waals surface area contributed by atoms with Crippen molar-refractivity contribution in [3.63, 3.8) is 0 Å². The lowest BCUT2D eigenvalue weighted by molar-refractivity contribution is -0.137. The molecule has 5 heteroatoms. The summed E-state index contributed by atoms with van der Waals surface area (Å²) in [6, 6.07) is 4.63. The van der Waals surface area contributed by atoms with Gasteiger partial charge in [-0.05, 0) is 44.5 Å². The molecule has 0 atom stereocenters. The number of halogens is 2. The summed E-state index contributed by atoms with van der Waals surface area (Å²) >= 11 is 6.00. The maximum absolute atomic E-state index is 13.0. The summed E-state index contributed by atoms with van der Waals surface area (Å²) in [5, 5.41) is 9.05. The lowest BCUT2D eigenvalue weighted by atomic mass is 10.1. The van der Waals surface area contributed by atoms with Crippen LogP contribution in [-0.2, 0) is 11.3 Å². The average molecular weight is 288 g/mol. The molecule has 0 saturated carbocycles. The minimum absolute atomic E-state index is 0.153. The number of carbonyl (C=O) groups is 1. The number of aliphatic carboxylic acids is 1. The number of carboxylic acid groups (broad SMARTS) is 1. The number of hydrogen-bond acceptors (Lipinski definition) is 2. The molecule has 0 spiro atoms. The molecule has 1 aromatic carbocycles. The van der Waals surface area contributed by atoms with Crippen LogP contribution in [0.2, 0.25) is 5.02 Å². The first-order valence-corrected chi connectivity index (χ1v) is 6.67. The zero-order valence-electron chi connectivity index (χ0n) is 11.2. The molecule has 0 aliphatic heterocycles. The second-order valence-electron chi connectivity index (χ2n) is 4.80. The van der Waals surface area contributed by atoms with Crippen molar-refractivity contribution in [2.24, 2.45) is 0 Å². The van der Waals surface area contributed by atoms with E-state index in [1.165, 1.54) is 12.1 Å². The van der Waals surface area contributed by atoms with Gasteiger partial charge >= 0.3 is 5.97 Å². The third-order valence-electron chi connectivity index (χ3n) is 2.95. The van der Waals surface area contributed by atoms with E-state index in [1.807, 2.05) is 13.8 Å². The molecule has 0 aliphatic carbocycles. The molecule has 0 amide bonds. The van der Waals surface area contributed by atoms with Crippen molar-refractivity contribution >= 4 is 17.6 Å². The van der Waals surface area contributed by atoms with Crippen molar-refractivity contribution in [3.05, 3.63) is 34.6 Å². The number of nitrogens with zero attached hydrogens (tertiary/aromatic N) is 1. The van der Waals surface area contributed by atoms with E-state index < -0.39 is 5.97 Å². The summed E-state index contributed by atoms with van der Waals surface area (Å²) in [6.45, 7) is 5.35. The van der Waals surface area contributed by atoms with E-state index in [-0.39, 0.29) is 18.3 Å². The van der Waals surface area contributed by atoms with Gasteiger partial charge < -0.3 is 5.11 Å². The Hall–Kier alpha value is -1.13. The minimum atomic E-state index is -0.788. The van der Waals surface area contributed by atoms with Crippen LogP contribution in [0.15, 0.2) is 18.2 Å². The van der Waals surface area contributed by atoms with Crippen LogP contribution in [0, 0.1) is 5.82 Å². The molecule has 0 aromatic heterocycles. The van der Waals surface area contributed by atoms with Crippen molar-refractivity contribution in [2.45, 2.75) is 39.3 Å². The SMILES string of the molecule is CC(C)N(CCCC(=O)O)Cc1ccc(F)cc1Cl. The van der Waals surface area contributed by atoms with Gasteiger partial charge in [0, 0.05) is 24.0 Å². The van der Waals surface area contributed by atoms with Crippen LogP contribution in [-0.4, -0.2) is 28.6 Å². The van der Waals surface area contributed by atoms with Crippen LogP contribution in [0.3, 0.4) is 0 Å². The van der Waals surface area contributed by atoms with Gasteiger partial charge in [-0.15, -0.1) is 0 Å². The maximum atomic E-state index is 13.0. The van der Waals surface area contributed by atoms with Crippen LogP contribution in [0.4, 0.5) is 4.39 Å². The van der Waals surface area contributed by atoms with Crippen molar-refractivity contribution in [1.82, 2.24) is 4.90 Å². The van der Waals surface area contributed by atoms with Crippen molar-refractivity contribution < 1.29 is 14.3 Å². The molecule has 0 fully saturated rings. The van der Waals surface area contributed by atoms with Crippen LogP contribution < -0.4 is 0 Å². The Bertz CT molecular complexity index is 437. The Kier molecular flexibility index (Phi) is 6.25. The molecular formula is C14H19ClFNO2. The summed E-state index contributed by atoms with van der Waals surface area (Å²) in [6.07, 6.45) is 0.743. The molecule has 3 nitrogen and oxygen atoms in total. The largest absolute Gasteiger partial charge is 0.481 e. The summed E-state index contributed by atoms with van der Waals surface area (Å²) in [4.78, 5) is 12.6. The first-order chi connectivity index (χ1) is 8.90.